The largest absolute Gasteiger partial charge is 0.503 e. The van der Waals surface area contributed by atoms with Crippen LogP contribution in [0, 0.1) is 11.6 Å². The van der Waals surface area contributed by atoms with Gasteiger partial charge in [0.1, 0.15) is 0 Å². The SMILES string of the molecule is CC(C(=O)O)c1cc(F)c(O)c(F)c1. The number of aromatic hydroxyl groups is 1. The zero-order valence-electron chi connectivity index (χ0n) is 7.29. The molecule has 0 fully saturated rings. The summed E-state index contributed by atoms with van der Waals surface area (Å²) in [5, 5.41) is 17.3. The first-order valence-corrected chi connectivity index (χ1v) is 3.84. The molecule has 1 atom stereocenters. The summed E-state index contributed by atoms with van der Waals surface area (Å²) < 4.78 is 25.6. The molecule has 0 aromatic heterocycles. The maximum Gasteiger partial charge on any atom is 0.310 e. The van der Waals surface area contributed by atoms with Crippen LogP contribution in [0.2, 0.25) is 0 Å². The van der Waals surface area contributed by atoms with E-state index in [0.29, 0.717) is 0 Å². The summed E-state index contributed by atoms with van der Waals surface area (Å²) in [7, 11) is 0. The maximum absolute atomic E-state index is 12.8. The fraction of sp³-hybridized carbons (Fsp3) is 0.222. The van der Waals surface area contributed by atoms with Gasteiger partial charge in [0, 0.05) is 0 Å². The zero-order valence-corrected chi connectivity index (χ0v) is 7.29. The van der Waals surface area contributed by atoms with E-state index in [-0.39, 0.29) is 5.56 Å². The summed E-state index contributed by atoms with van der Waals surface area (Å²) in [6.45, 7) is 1.30. The molecule has 2 N–H and O–H groups in total. The third-order valence-electron chi connectivity index (χ3n) is 1.91. The van der Waals surface area contributed by atoms with E-state index in [1.165, 1.54) is 6.92 Å². The molecule has 76 valence electrons. The van der Waals surface area contributed by atoms with Crippen molar-refractivity contribution in [1.82, 2.24) is 0 Å². The Hall–Kier alpha value is -1.65. The van der Waals surface area contributed by atoms with E-state index in [1.807, 2.05) is 0 Å². The molecule has 0 aliphatic carbocycles. The molecular formula is C9H8F2O3. The van der Waals surface area contributed by atoms with E-state index >= 15 is 0 Å². The molecule has 0 saturated heterocycles. The van der Waals surface area contributed by atoms with Crippen LogP contribution in [0.3, 0.4) is 0 Å². The second-order valence-electron chi connectivity index (χ2n) is 2.89. The predicted octanol–water partition coefficient (Wildman–Crippen LogP) is 1.86. The molecule has 0 aliphatic rings. The van der Waals surface area contributed by atoms with Gasteiger partial charge in [-0.2, -0.15) is 0 Å². The Morgan fingerprint density at radius 3 is 2.14 bits per heavy atom. The minimum absolute atomic E-state index is 0.0229. The first-order valence-electron chi connectivity index (χ1n) is 3.84. The second-order valence-corrected chi connectivity index (χ2v) is 2.89. The highest BCUT2D eigenvalue weighted by Gasteiger charge is 2.18. The average Bonchev–Trinajstić information content (AvgIpc) is 2.12. The minimum atomic E-state index is -1.19. The van der Waals surface area contributed by atoms with Crippen LogP contribution in [0.25, 0.3) is 0 Å². The summed E-state index contributed by atoms with van der Waals surface area (Å²) in [4.78, 5) is 10.5. The molecule has 0 bridgehead atoms. The van der Waals surface area contributed by atoms with Gasteiger partial charge in [0.25, 0.3) is 0 Å². The molecule has 1 aromatic carbocycles. The van der Waals surface area contributed by atoms with E-state index in [1.54, 1.807) is 0 Å². The van der Waals surface area contributed by atoms with Crippen LogP contribution in [0.5, 0.6) is 5.75 Å². The Labute approximate surface area is 78.6 Å². The summed E-state index contributed by atoms with van der Waals surface area (Å²) >= 11 is 0. The number of carboxylic acid groups (broad SMARTS) is 1. The summed E-state index contributed by atoms with van der Waals surface area (Å²) in [5.41, 5.74) is -0.0229. The van der Waals surface area contributed by atoms with Crippen molar-refractivity contribution in [3.63, 3.8) is 0 Å². The highest BCUT2D eigenvalue weighted by atomic mass is 19.1. The van der Waals surface area contributed by atoms with Crippen LogP contribution in [0.1, 0.15) is 18.4 Å². The van der Waals surface area contributed by atoms with Crippen molar-refractivity contribution in [2.45, 2.75) is 12.8 Å². The van der Waals surface area contributed by atoms with Crippen molar-refractivity contribution >= 4 is 5.97 Å². The van der Waals surface area contributed by atoms with E-state index in [2.05, 4.69) is 0 Å². The van der Waals surface area contributed by atoms with Crippen LogP contribution >= 0.6 is 0 Å². The maximum atomic E-state index is 12.8. The molecule has 0 saturated carbocycles. The third kappa shape index (κ3) is 1.81. The van der Waals surface area contributed by atoms with E-state index in [0.717, 1.165) is 12.1 Å². The minimum Gasteiger partial charge on any atom is -0.503 e. The van der Waals surface area contributed by atoms with E-state index < -0.39 is 29.3 Å². The van der Waals surface area contributed by atoms with Crippen molar-refractivity contribution in [2.75, 3.05) is 0 Å². The molecule has 1 rings (SSSR count). The molecule has 0 aliphatic heterocycles. The monoisotopic (exact) mass is 202 g/mol. The van der Waals surface area contributed by atoms with Gasteiger partial charge in [-0.25, -0.2) is 8.78 Å². The lowest BCUT2D eigenvalue weighted by Gasteiger charge is -2.07. The zero-order chi connectivity index (χ0) is 10.9. The van der Waals surface area contributed by atoms with Gasteiger partial charge in [-0.1, -0.05) is 0 Å². The molecule has 14 heavy (non-hydrogen) atoms. The predicted molar refractivity (Wildman–Crippen MR) is 44.1 cm³/mol. The summed E-state index contributed by atoms with van der Waals surface area (Å²) in [5.74, 6) is -5.61. The lowest BCUT2D eigenvalue weighted by atomic mass is 10.0. The number of rotatable bonds is 2. The fourth-order valence-electron chi connectivity index (χ4n) is 0.978. The molecule has 0 heterocycles. The topological polar surface area (TPSA) is 57.5 Å². The standard InChI is InChI=1S/C9H8F2O3/c1-4(9(13)14)5-2-6(10)8(12)7(11)3-5/h2-4,12H,1H3,(H,13,14). The van der Waals surface area contributed by atoms with Crippen LogP contribution in [-0.4, -0.2) is 16.2 Å². The van der Waals surface area contributed by atoms with E-state index in [4.69, 9.17) is 10.2 Å². The molecule has 1 unspecified atom stereocenters. The molecule has 5 heteroatoms. The van der Waals surface area contributed by atoms with Crippen molar-refractivity contribution in [2.24, 2.45) is 0 Å². The highest BCUT2D eigenvalue weighted by Crippen LogP contribution is 2.25. The Morgan fingerprint density at radius 1 is 1.36 bits per heavy atom. The Balaban J connectivity index is 3.19. The summed E-state index contributed by atoms with van der Waals surface area (Å²) in [6, 6.07) is 1.61. The van der Waals surface area contributed by atoms with Crippen molar-refractivity contribution in [1.29, 1.82) is 0 Å². The number of carboxylic acids is 1. The number of carbonyl (C=O) groups is 1. The molecular weight excluding hydrogens is 194 g/mol. The second kappa shape index (κ2) is 3.61. The van der Waals surface area contributed by atoms with Gasteiger partial charge < -0.3 is 10.2 Å². The molecule has 3 nitrogen and oxygen atoms in total. The first kappa shape index (κ1) is 10.4. The van der Waals surface area contributed by atoms with Crippen molar-refractivity contribution in [3.05, 3.63) is 29.3 Å². The normalized spacial score (nSPS) is 12.5. The lowest BCUT2D eigenvalue weighted by molar-refractivity contribution is -0.138. The Morgan fingerprint density at radius 2 is 1.79 bits per heavy atom. The first-order chi connectivity index (χ1) is 6.43. The quantitative estimate of drug-likeness (QED) is 0.769. The van der Waals surface area contributed by atoms with Gasteiger partial charge in [0.15, 0.2) is 17.4 Å². The van der Waals surface area contributed by atoms with Gasteiger partial charge in [0.05, 0.1) is 5.92 Å². The number of halogens is 2. The average molecular weight is 202 g/mol. The van der Waals surface area contributed by atoms with Crippen LogP contribution in [-0.2, 0) is 4.79 Å². The van der Waals surface area contributed by atoms with Gasteiger partial charge in [0.2, 0.25) is 0 Å². The van der Waals surface area contributed by atoms with Gasteiger partial charge >= 0.3 is 5.97 Å². The smallest absolute Gasteiger partial charge is 0.310 e. The molecule has 0 radical (unpaired) electrons. The molecule has 0 spiro atoms. The molecule has 1 aromatic rings. The van der Waals surface area contributed by atoms with Crippen LogP contribution in [0.15, 0.2) is 12.1 Å². The molecule has 0 amide bonds. The lowest BCUT2D eigenvalue weighted by Crippen LogP contribution is -2.08. The van der Waals surface area contributed by atoms with Crippen molar-refractivity contribution < 1.29 is 23.8 Å². The van der Waals surface area contributed by atoms with Crippen LogP contribution < -0.4 is 0 Å². The number of hydrogen-bond donors (Lipinski definition) is 2. The third-order valence-corrected chi connectivity index (χ3v) is 1.91. The fourth-order valence-corrected chi connectivity index (χ4v) is 0.978. The number of hydrogen-bond acceptors (Lipinski definition) is 2. The Kier molecular flexibility index (Phi) is 2.69. The highest BCUT2D eigenvalue weighted by molar-refractivity contribution is 5.75. The van der Waals surface area contributed by atoms with Gasteiger partial charge in [-0.05, 0) is 24.6 Å². The number of phenolic OH excluding ortho intramolecular Hbond substituents is 1. The Bertz CT molecular complexity index is 353. The van der Waals surface area contributed by atoms with Gasteiger partial charge in [-0.15, -0.1) is 0 Å². The summed E-state index contributed by atoms with van der Waals surface area (Å²) in [6.07, 6.45) is 0. The number of benzene rings is 1. The van der Waals surface area contributed by atoms with Gasteiger partial charge in [-0.3, -0.25) is 4.79 Å². The van der Waals surface area contributed by atoms with Crippen LogP contribution in [0.4, 0.5) is 8.78 Å². The number of phenols is 1. The van der Waals surface area contributed by atoms with E-state index in [9.17, 15) is 13.6 Å². The number of aliphatic carboxylic acids is 1. The van der Waals surface area contributed by atoms with Crippen molar-refractivity contribution in [3.8, 4) is 5.75 Å².